The van der Waals surface area contributed by atoms with Crippen molar-refractivity contribution in [1.82, 2.24) is 9.55 Å². The minimum absolute atomic E-state index is 0.181. The summed E-state index contributed by atoms with van der Waals surface area (Å²) in [6.07, 6.45) is 0.889. The van der Waals surface area contributed by atoms with Crippen molar-refractivity contribution in [2.45, 2.75) is 32.7 Å². The van der Waals surface area contributed by atoms with E-state index < -0.39 is 0 Å². The van der Waals surface area contributed by atoms with Gasteiger partial charge in [0.25, 0.3) is 0 Å². The number of halogens is 2. The van der Waals surface area contributed by atoms with Crippen LogP contribution in [0.5, 0.6) is 0 Å². The fraction of sp³-hybridized carbons (Fsp3) is 0.417. The average Bonchev–Trinajstić information content (AvgIpc) is 2.55. The summed E-state index contributed by atoms with van der Waals surface area (Å²) in [4.78, 5) is 4.27. The van der Waals surface area contributed by atoms with Gasteiger partial charge in [0, 0.05) is 11.6 Å². The second kappa shape index (κ2) is 3.98. The van der Waals surface area contributed by atoms with Gasteiger partial charge in [-0.2, -0.15) is 0 Å². The number of anilines is 1. The first kappa shape index (κ1) is 12.4. The Morgan fingerprint density at radius 2 is 2.12 bits per heavy atom. The van der Waals surface area contributed by atoms with E-state index in [-0.39, 0.29) is 11.4 Å². The standard InChI is InChI=1S/C12H15BrFN3/c1-4-12(2,3)17-10-6-8(14)7(13)5-9(10)16-11(17)15/h5-6H,4H2,1-3H3,(H2,15,16). The Hall–Kier alpha value is -1.10. The number of nitrogens with zero attached hydrogens (tertiary/aromatic N) is 2. The first-order chi connectivity index (χ1) is 7.86. The van der Waals surface area contributed by atoms with E-state index in [0.29, 0.717) is 15.9 Å². The van der Waals surface area contributed by atoms with Gasteiger partial charge in [-0.25, -0.2) is 9.37 Å². The van der Waals surface area contributed by atoms with Gasteiger partial charge >= 0.3 is 0 Å². The quantitative estimate of drug-likeness (QED) is 0.919. The van der Waals surface area contributed by atoms with Gasteiger partial charge < -0.3 is 10.3 Å². The predicted molar refractivity (Wildman–Crippen MR) is 71.4 cm³/mol. The second-order valence-corrected chi connectivity index (χ2v) is 5.58. The summed E-state index contributed by atoms with van der Waals surface area (Å²) in [6.45, 7) is 6.19. The number of aromatic nitrogens is 2. The van der Waals surface area contributed by atoms with E-state index in [4.69, 9.17) is 5.73 Å². The van der Waals surface area contributed by atoms with Gasteiger partial charge in [-0.3, -0.25) is 0 Å². The van der Waals surface area contributed by atoms with Crippen LogP contribution in [0.1, 0.15) is 27.2 Å². The highest BCUT2D eigenvalue weighted by Gasteiger charge is 2.23. The molecule has 0 amide bonds. The molecule has 1 aromatic carbocycles. The molecule has 17 heavy (non-hydrogen) atoms. The summed E-state index contributed by atoms with van der Waals surface area (Å²) >= 11 is 3.15. The molecule has 0 aliphatic rings. The van der Waals surface area contributed by atoms with Gasteiger partial charge in [0.15, 0.2) is 0 Å². The van der Waals surface area contributed by atoms with Crippen molar-refractivity contribution in [3.63, 3.8) is 0 Å². The molecule has 1 aromatic heterocycles. The van der Waals surface area contributed by atoms with E-state index >= 15 is 0 Å². The normalized spacial score (nSPS) is 12.3. The first-order valence-electron chi connectivity index (χ1n) is 5.50. The molecule has 5 heteroatoms. The number of nitrogen functional groups attached to an aromatic ring is 1. The lowest BCUT2D eigenvalue weighted by Crippen LogP contribution is -2.26. The molecule has 92 valence electrons. The Labute approximate surface area is 108 Å². The van der Waals surface area contributed by atoms with Crippen LogP contribution in [0.3, 0.4) is 0 Å². The molecule has 0 fully saturated rings. The number of hydrogen-bond donors (Lipinski definition) is 1. The number of hydrogen-bond acceptors (Lipinski definition) is 2. The lowest BCUT2D eigenvalue weighted by atomic mass is 10.0. The van der Waals surface area contributed by atoms with Crippen molar-refractivity contribution in [3.05, 3.63) is 22.4 Å². The topological polar surface area (TPSA) is 43.8 Å². The molecule has 0 aliphatic heterocycles. The van der Waals surface area contributed by atoms with Crippen molar-refractivity contribution in [3.8, 4) is 0 Å². The summed E-state index contributed by atoms with van der Waals surface area (Å²) in [7, 11) is 0. The van der Waals surface area contributed by atoms with Crippen LogP contribution < -0.4 is 5.73 Å². The summed E-state index contributed by atoms with van der Waals surface area (Å²) in [5.41, 5.74) is 7.19. The average molecular weight is 300 g/mol. The maximum atomic E-state index is 13.6. The first-order valence-corrected chi connectivity index (χ1v) is 6.29. The van der Waals surface area contributed by atoms with Crippen LogP contribution in [0.4, 0.5) is 10.3 Å². The smallest absolute Gasteiger partial charge is 0.201 e. The minimum atomic E-state index is -0.300. The highest BCUT2D eigenvalue weighted by molar-refractivity contribution is 9.10. The van der Waals surface area contributed by atoms with Gasteiger partial charge in [-0.05, 0) is 42.3 Å². The SMILES string of the molecule is CCC(C)(C)n1c(N)nc2cc(Br)c(F)cc21. The van der Waals surface area contributed by atoms with Gasteiger partial charge in [0.05, 0.1) is 15.5 Å². The lowest BCUT2D eigenvalue weighted by molar-refractivity contribution is 0.357. The van der Waals surface area contributed by atoms with Gasteiger partial charge in [0.2, 0.25) is 5.95 Å². The zero-order chi connectivity index (χ0) is 12.8. The summed E-state index contributed by atoms with van der Waals surface area (Å²) < 4.78 is 15.9. The van der Waals surface area contributed by atoms with E-state index in [1.54, 1.807) is 6.07 Å². The van der Waals surface area contributed by atoms with Crippen molar-refractivity contribution in [2.75, 3.05) is 5.73 Å². The van der Waals surface area contributed by atoms with Gasteiger partial charge in [0.1, 0.15) is 5.82 Å². The Morgan fingerprint density at radius 3 is 2.71 bits per heavy atom. The zero-order valence-electron chi connectivity index (χ0n) is 10.1. The Morgan fingerprint density at radius 1 is 1.47 bits per heavy atom. The van der Waals surface area contributed by atoms with Gasteiger partial charge in [-0.15, -0.1) is 0 Å². The van der Waals surface area contributed by atoms with Crippen LogP contribution in [-0.4, -0.2) is 9.55 Å². The molecule has 2 rings (SSSR count). The maximum Gasteiger partial charge on any atom is 0.201 e. The summed E-state index contributed by atoms with van der Waals surface area (Å²) in [5.74, 6) is 0.120. The Balaban J connectivity index is 2.80. The van der Waals surface area contributed by atoms with Crippen molar-refractivity contribution in [1.29, 1.82) is 0 Å². The molecule has 0 saturated heterocycles. The summed E-state index contributed by atoms with van der Waals surface area (Å²) in [5, 5.41) is 0. The fourth-order valence-electron chi connectivity index (χ4n) is 1.89. The molecule has 0 radical (unpaired) electrons. The molecule has 0 aliphatic carbocycles. The van der Waals surface area contributed by atoms with Crippen LogP contribution >= 0.6 is 15.9 Å². The Kier molecular flexibility index (Phi) is 2.89. The van der Waals surface area contributed by atoms with E-state index in [1.807, 2.05) is 4.57 Å². The molecule has 2 aromatic rings. The molecular weight excluding hydrogens is 285 g/mol. The molecule has 3 nitrogen and oxygen atoms in total. The lowest BCUT2D eigenvalue weighted by Gasteiger charge is -2.26. The minimum Gasteiger partial charge on any atom is -0.369 e. The Bertz CT molecular complexity index is 575. The fourth-order valence-corrected chi connectivity index (χ4v) is 2.22. The number of rotatable bonds is 2. The van der Waals surface area contributed by atoms with Crippen LogP contribution in [0.25, 0.3) is 11.0 Å². The van der Waals surface area contributed by atoms with Crippen LogP contribution in [0.15, 0.2) is 16.6 Å². The van der Waals surface area contributed by atoms with Crippen molar-refractivity contribution >= 4 is 32.9 Å². The molecule has 0 unspecified atom stereocenters. The molecule has 0 saturated carbocycles. The van der Waals surface area contributed by atoms with Crippen molar-refractivity contribution < 1.29 is 4.39 Å². The third-order valence-corrected chi connectivity index (χ3v) is 3.80. The van der Waals surface area contributed by atoms with E-state index in [9.17, 15) is 4.39 Å². The predicted octanol–water partition coefficient (Wildman–Crippen LogP) is 3.67. The monoisotopic (exact) mass is 299 g/mol. The molecule has 0 spiro atoms. The molecule has 0 atom stereocenters. The highest BCUT2D eigenvalue weighted by atomic mass is 79.9. The third-order valence-electron chi connectivity index (χ3n) is 3.19. The molecule has 2 N–H and O–H groups in total. The third kappa shape index (κ3) is 1.92. The molecular formula is C12H15BrFN3. The largest absolute Gasteiger partial charge is 0.369 e. The van der Waals surface area contributed by atoms with Crippen LogP contribution in [0, 0.1) is 5.82 Å². The van der Waals surface area contributed by atoms with E-state index in [1.165, 1.54) is 6.07 Å². The van der Waals surface area contributed by atoms with Crippen molar-refractivity contribution in [2.24, 2.45) is 0 Å². The molecule has 0 bridgehead atoms. The number of benzene rings is 1. The number of fused-ring (bicyclic) bond motifs is 1. The second-order valence-electron chi connectivity index (χ2n) is 4.73. The van der Waals surface area contributed by atoms with Crippen LogP contribution in [-0.2, 0) is 5.54 Å². The highest BCUT2D eigenvalue weighted by Crippen LogP contribution is 2.31. The number of nitrogens with two attached hydrogens (primary N) is 1. The molecule has 1 heterocycles. The number of imidazole rings is 1. The van der Waals surface area contributed by atoms with E-state index in [2.05, 4.69) is 41.7 Å². The van der Waals surface area contributed by atoms with Gasteiger partial charge in [-0.1, -0.05) is 6.92 Å². The van der Waals surface area contributed by atoms with Crippen LogP contribution in [0.2, 0.25) is 0 Å². The zero-order valence-corrected chi connectivity index (χ0v) is 11.7. The maximum absolute atomic E-state index is 13.6. The summed E-state index contributed by atoms with van der Waals surface area (Å²) in [6, 6.07) is 3.13. The van der Waals surface area contributed by atoms with E-state index in [0.717, 1.165) is 11.9 Å².